The fraction of sp³-hybridized carbons (Fsp3) is 0.250. The number of aliphatic hydroxyl groups is 1. The number of amides is 1. The van der Waals surface area contributed by atoms with E-state index in [-0.39, 0.29) is 17.9 Å². The average molecular weight is 351 g/mol. The van der Waals surface area contributed by atoms with Crippen LogP contribution in [0.2, 0.25) is 0 Å². The Labute approximate surface area is 152 Å². The van der Waals surface area contributed by atoms with Crippen LogP contribution in [0.3, 0.4) is 0 Å². The summed E-state index contributed by atoms with van der Waals surface area (Å²) in [4.78, 5) is 32.3. The lowest BCUT2D eigenvalue weighted by Gasteiger charge is -2.27. The van der Waals surface area contributed by atoms with Crippen molar-refractivity contribution >= 4 is 17.4 Å². The van der Waals surface area contributed by atoms with Crippen LogP contribution in [-0.2, 0) is 16.1 Å². The van der Waals surface area contributed by atoms with Crippen molar-refractivity contribution in [3.63, 3.8) is 0 Å². The molecule has 0 fully saturated rings. The van der Waals surface area contributed by atoms with Crippen LogP contribution in [0.5, 0.6) is 0 Å². The molecule has 0 unspecified atom stereocenters. The number of benzene rings is 1. The number of pyridine rings is 1. The van der Waals surface area contributed by atoms with Crippen LogP contribution >= 0.6 is 0 Å². The Balaban J connectivity index is 2.02. The molecule has 134 valence electrons. The molecule has 1 aliphatic heterocycles. The van der Waals surface area contributed by atoms with Crippen LogP contribution in [0.1, 0.15) is 24.1 Å². The third-order valence-corrected chi connectivity index (χ3v) is 4.48. The normalized spacial score (nSPS) is 17.0. The molecule has 1 aliphatic rings. The SMILES string of the molecule is CC(=O)C1=C(O)C(=O)N(Cc2cccnc2)[C@H]1c1ccc(N(C)C)cc1. The Morgan fingerprint density at radius 1 is 1.23 bits per heavy atom. The van der Waals surface area contributed by atoms with Gasteiger partial charge in [0.2, 0.25) is 0 Å². The lowest BCUT2D eigenvalue weighted by Crippen LogP contribution is -2.30. The predicted octanol–water partition coefficient (Wildman–Crippen LogP) is 2.63. The molecule has 1 N–H and O–H groups in total. The summed E-state index contributed by atoms with van der Waals surface area (Å²) in [6.07, 6.45) is 3.33. The highest BCUT2D eigenvalue weighted by Gasteiger charge is 2.42. The standard InChI is InChI=1S/C20H21N3O3/c1-13(24)17-18(15-6-8-16(9-7-15)22(2)3)23(20(26)19(17)25)12-14-5-4-10-21-11-14/h4-11,18,25H,12H2,1-3H3/t18-/m0/s1. The molecule has 0 radical (unpaired) electrons. The molecule has 26 heavy (non-hydrogen) atoms. The number of aliphatic hydroxyl groups excluding tert-OH is 1. The van der Waals surface area contributed by atoms with Crippen molar-refractivity contribution in [1.82, 2.24) is 9.88 Å². The molecule has 2 aromatic rings. The molecule has 1 aromatic heterocycles. The maximum atomic E-state index is 12.6. The maximum Gasteiger partial charge on any atom is 0.290 e. The summed E-state index contributed by atoms with van der Waals surface area (Å²) in [6.45, 7) is 1.63. The summed E-state index contributed by atoms with van der Waals surface area (Å²) < 4.78 is 0. The van der Waals surface area contributed by atoms with Crippen molar-refractivity contribution in [1.29, 1.82) is 0 Å². The second-order valence-corrected chi connectivity index (χ2v) is 6.50. The minimum atomic E-state index is -0.614. The molecule has 1 atom stereocenters. The van der Waals surface area contributed by atoms with Gasteiger partial charge in [0.25, 0.3) is 5.91 Å². The zero-order chi connectivity index (χ0) is 18.8. The van der Waals surface area contributed by atoms with Crippen LogP contribution in [-0.4, -0.2) is 40.8 Å². The van der Waals surface area contributed by atoms with E-state index in [2.05, 4.69) is 4.98 Å². The van der Waals surface area contributed by atoms with Gasteiger partial charge in [-0.2, -0.15) is 0 Å². The van der Waals surface area contributed by atoms with Crippen LogP contribution in [0.15, 0.2) is 60.1 Å². The molecule has 1 amide bonds. The number of hydrogen-bond donors (Lipinski definition) is 1. The fourth-order valence-electron chi connectivity index (χ4n) is 3.17. The summed E-state index contributed by atoms with van der Waals surface area (Å²) >= 11 is 0. The quantitative estimate of drug-likeness (QED) is 0.896. The number of hydrogen-bond acceptors (Lipinski definition) is 5. The Morgan fingerprint density at radius 3 is 2.46 bits per heavy atom. The first-order valence-corrected chi connectivity index (χ1v) is 8.31. The second kappa shape index (κ2) is 7.00. The van der Waals surface area contributed by atoms with E-state index in [0.29, 0.717) is 0 Å². The number of anilines is 1. The van der Waals surface area contributed by atoms with Gasteiger partial charge in [-0.25, -0.2) is 0 Å². The molecule has 0 saturated heterocycles. The first-order chi connectivity index (χ1) is 12.4. The number of aromatic nitrogens is 1. The van der Waals surface area contributed by atoms with Gasteiger partial charge in [0.1, 0.15) is 0 Å². The molecule has 3 rings (SSSR count). The lowest BCUT2D eigenvalue weighted by atomic mass is 9.96. The van der Waals surface area contributed by atoms with E-state index in [9.17, 15) is 14.7 Å². The Hall–Kier alpha value is -3.15. The van der Waals surface area contributed by atoms with E-state index < -0.39 is 17.7 Å². The molecule has 6 heteroatoms. The fourth-order valence-corrected chi connectivity index (χ4v) is 3.17. The largest absolute Gasteiger partial charge is 0.503 e. The number of carbonyl (C=O) groups excluding carboxylic acids is 2. The zero-order valence-corrected chi connectivity index (χ0v) is 15.0. The number of carbonyl (C=O) groups is 2. The van der Waals surface area contributed by atoms with Gasteiger partial charge in [-0.15, -0.1) is 0 Å². The van der Waals surface area contributed by atoms with Gasteiger partial charge in [0.05, 0.1) is 11.6 Å². The van der Waals surface area contributed by atoms with Gasteiger partial charge in [0, 0.05) is 38.7 Å². The molecule has 0 saturated carbocycles. The summed E-state index contributed by atoms with van der Waals surface area (Å²) in [7, 11) is 3.88. The maximum absolute atomic E-state index is 12.6. The molecule has 0 spiro atoms. The monoisotopic (exact) mass is 351 g/mol. The van der Waals surface area contributed by atoms with Crippen molar-refractivity contribution in [2.24, 2.45) is 0 Å². The molecular weight excluding hydrogens is 330 g/mol. The topological polar surface area (TPSA) is 73.7 Å². The second-order valence-electron chi connectivity index (χ2n) is 6.50. The number of Topliss-reactive ketones (excluding diaryl/α,β-unsaturated/α-hetero) is 1. The lowest BCUT2D eigenvalue weighted by molar-refractivity contribution is -0.130. The predicted molar refractivity (Wildman–Crippen MR) is 98.6 cm³/mol. The molecule has 1 aromatic carbocycles. The highest BCUT2D eigenvalue weighted by atomic mass is 16.3. The third-order valence-electron chi connectivity index (χ3n) is 4.48. The Bertz CT molecular complexity index is 858. The number of ketones is 1. The number of nitrogens with zero attached hydrogens (tertiary/aromatic N) is 3. The summed E-state index contributed by atoms with van der Waals surface area (Å²) in [5.41, 5.74) is 2.75. The van der Waals surface area contributed by atoms with Crippen molar-refractivity contribution in [3.8, 4) is 0 Å². The smallest absolute Gasteiger partial charge is 0.290 e. The Morgan fingerprint density at radius 2 is 1.92 bits per heavy atom. The van der Waals surface area contributed by atoms with Gasteiger partial charge < -0.3 is 14.9 Å². The van der Waals surface area contributed by atoms with E-state index in [1.807, 2.05) is 49.3 Å². The summed E-state index contributed by atoms with van der Waals surface area (Å²) in [5, 5.41) is 10.3. The minimum absolute atomic E-state index is 0.136. The van der Waals surface area contributed by atoms with Gasteiger partial charge in [-0.1, -0.05) is 18.2 Å². The van der Waals surface area contributed by atoms with Crippen LogP contribution in [0, 0.1) is 0 Å². The molecular formula is C20H21N3O3. The van der Waals surface area contributed by atoms with Gasteiger partial charge in [-0.3, -0.25) is 14.6 Å². The van der Waals surface area contributed by atoms with E-state index in [4.69, 9.17) is 0 Å². The highest BCUT2D eigenvalue weighted by Crippen LogP contribution is 2.39. The zero-order valence-electron chi connectivity index (χ0n) is 15.0. The van der Waals surface area contributed by atoms with Gasteiger partial charge >= 0.3 is 0 Å². The van der Waals surface area contributed by atoms with Crippen molar-refractivity contribution in [3.05, 3.63) is 71.3 Å². The summed E-state index contributed by atoms with van der Waals surface area (Å²) in [5.74, 6) is -1.32. The molecule has 0 bridgehead atoms. The first-order valence-electron chi connectivity index (χ1n) is 8.31. The van der Waals surface area contributed by atoms with E-state index in [1.54, 1.807) is 18.5 Å². The molecule has 0 aliphatic carbocycles. The van der Waals surface area contributed by atoms with Gasteiger partial charge in [-0.05, 0) is 36.2 Å². The van der Waals surface area contributed by atoms with Gasteiger partial charge in [0.15, 0.2) is 11.5 Å². The van der Waals surface area contributed by atoms with E-state index in [1.165, 1.54) is 11.8 Å². The minimum Gasteiger partial charge on any atom is -0.503 e. The van der Waals surface area contributed by atoms with Crippen LogP contribution in [0.4, 0.5) is 5.69 Å². The average Bonchev–Trinajstić information content (AvgIpc) is 2.87. The summed E-state index contributed by atoms with van der Waals surface area (Å²) in [6, 6.07) is 10.6. The third kappa shape index (κ3) is 3.18. The Kier molecular flexibility index (Phi) is 4.75. The number of rotatable bonds is 5. The molecule has 2 heterocycles. The van der Waals surface area contributed by atoms with Crippen molar-refractivity contribution in [2.45, 2.75) is 19.5 Å². The highest BCUT2D eigenvalue weighted by molar-refractivity contribution is 6.08. The van der Waals surface area contributed by atoms with Crippen molar-refractivity contribution < 1.29 is 14.7 Å². The van der Waals surface area contributed by atoms with E-state index in [0.717, 1.165) is 16.8 Å². The first kappa shape index (κ1) is 17.7. The van der Waals surface area contributed by atoms with E-state index >= 15 is 0 Å². The van der Waals surface area contributed by atoms with Crippen molar-refractivity contribution in [2.75, 3.05) is 19.0 Å². The van der Waals surface area contributed by atoms with Crippen LogP contribution < -0.4 is 4.90 Å². The molecule has 6 nitrogen and oxygen atoms in total. The van der Waals surface area contributed by atoms with Crippen LogP contribution in [0.25, 0.3) is 0 Å².